The third-order valence-corrected chi connectivity index (χ3v) is 4.01. The predicted octanol–water partition coefficient (Wildman–Crippen LogP) is 3.59. The van der Waals surface area contributed by atoms with Crippen LogP contribution in [0.1, 0.15) is 24.7 Å². The van der Waals surface area contributed by atoms with Crippen LogP contribution in [0.15, 0.2) is 53.5 Å². The van der Waals surface area contributed by atoms with Gasteiger partial charge in [-0.2, -0.15) is 0 Å². The number of pyridine rings is 1. The fourth-order valence-corrected chi connectivity index (χ4v) is 2.68. The second-order valence-electron chi connectivity index (χ2n) is 5.89. The Balaban J connectivity index is 0.00000338. The lowest BCUT2D eigenvalue weighted by Gasteiger charge is -2.23. The Hall–Kier alpha value is -1.83. The Labute approximate surface area is 174 Å². The molecule has 26 heavy (non-hydrogen) atoms. The van der Waals surface area contributed by atoms with Crippen molar-refractivity contribution in [3.8, 4) is 0 Å². The van der Waals surface area contributed by atoms with Crippen molar-refractivity contribution in [3.05, 3.63) is 59.9 Å². The summed E-state index contributed by atoms with van der Waals surface area (Å²) in [6.07, 6.45) is 1.05. The van der Waals surface area contributed by atoms with Crippen molar-refractivity contribution in [2.45, 2.75) is 26.8 Å². The number of rotatable bonds is 8. The molecule has 6 heteroatoms. The predicted molar refractivity (Wildman–Crippen MR) is 122 cm³/mol. The average Bonchev–Trinajstić information content (AvgIpc) is 2.65. The van der Waals surface area contributed by atoms with Gasteiger partial charge in [0.2, 0.25) is 0 Å². The first kappa shape index (κ1) is 22.2. The molecular formula is C20H30IN5. The first-order valence-electron chi connectivity index (χ1n) is 8.90. The summed E-state index contributed by atoms with van der Waals surface area (Å²) >= 11 is 0. The lowest BCUT2D eigenvalue weighted by molar-refractivity contribution is 0.706. The Morgan fingerprint density at radius 2 is 1.85 bits per heavy atom. The maximum Gasteiger partial charge on any atom is 0.191 e. The number of halogens is 1. The molecule has 5 nitrogen and oxygen atoms in total. The summed E-state index contributed by atoms with van der Waals surface area (Å²) < 4.78 is 0. The van der Waals surface area contributed by atoms with Gasteiger partial charge < -0.3 is 15.5 Å². The van der Waals surface area contributed by atoms with Crippen LogP contribution in [0.5, 0.6) is 0 Å². The van der Waals surface area contributed by atoms with Gasteiger partial charge in [0, 0.05) is 38.1 Å². The molecule has 1 heterocycles. The number of hydrogen-bond donors (Lipinski definition) is 2. The van der Waals surface area contributed by atoms with E-state index < -0.39 is 0 Å². The summed E-state index contributed by atoms with van der Waals surface area (Å²) in [6.45, 7) is 7.77. The molecule has 0 aliphatic rings. The van der Waals surface area contributed by atoms with Gasteiger partial charge in [0.05, 0.1) is 12.2 Å². The van der Waals surface area contributed by atoms with E-state index in [0.29, 0.717) is 6.54 Å². The molecule has 0 unspecified atom stereocenters. The van der Waals surface area contributed by atoms with Crippen molar-refractivity contribution < 1.29 is 0 Å². The van der Waals surface area contributed by atoms with Gasteiger partial charge in [-0.3, -0.25) is 9.98 Å². The second kappa shape index (κ2) is 12.5. The van der Waals surface area contributed by atoms with Crippen molar-refractivity contribution in [3.63, 3.8) is 0 Å². The van der Waals surface area contributed by atoms with Crippen LogP contribution in [-0.2, 0) is 6.54 Å². The third kappa shape index (κ3) is 7.59. The molecule has 0 saturated heterocycles. The number of hydrogen-bond acceptors (Lipinski definition) is 3. The minimum Gasteiger partial charge on any atom is -0.372 e. The minimum atomic E-state index is 0. The van der Waals surface area contributed by atoms with Crippen molar-refractivity contribution in [1.82, 2.24) is 15.6 Å². The minimum absolute atomic E-state index is 0. The number of para-hydroxylation sites is 1. The monoisotopic (exact) mass is 467 g/mol. The van der Waals surface area contributed by atoms with E-state index in [4.69, 9.17) is 0 Å². The van der Waals surface area contributed by atoms with E-state index in [1.165, 1.54) is 5.69 Å². The normalized spacial score (nSPS) is 10.8. The zero-order chi connectivity index (χ0) is 17.9. The van der Waals surface area contributed by atoms with Gasteiger partial charge in [-0.1, -0.05) is 24.3 Å². The van der Waals surface area contributed by atoms with Crippen molar-refractivity contribution >= 4 is 35.6 Å². The molecule has 0 aliphatic carbocycles. The largest absolute Gasteiger partial charge is 0.372 e. The Morgan fingerprint density at radius 3 is 2.50 bits per heavy atom. The lowest BCUT2D eigenvalue weighted by Crippen LogP contribution is -2.38. The molecule has 1 aromatic heterocycles. The molecule has 1 aromatic carbocycles. The van der Waals surface area contributed by atoms with Gasteiger partial charge in [0.25, 0.3) is 0 Å². The lowest BCUT2D eigenvalue weighted by atomic mass is 10.2. The van der Waals surface area contributed by atoms with Gasteiger partial charge in [-0.25, -0.2) is 0 Å². The van der Waals surface area contributed by atoms with Crippen molar-refractivity contribution in [2.75, 3.05) is 31.6 Å². The number of aliphatic imine (C=N–C) groups is 1. The number of guanidine groups is 1. The Morgan fingerprint density at radius 1 is 1.08 bits per heavy atom. The molecule has 0 amide bonds. The topological polar surface area (TPSA) is 52.5 Å². The van der Waals surface area contributed by atoms with Crippen molar-refractivity contribution in [2.24, 2.45) is 4.99 Å². The molecule has 142 valence electrons. The number of aromatic nitrogens is 1. The van der Waals surface area contributed by atoms with Crippen LogP contribution in [0.4, 0.5) is 5.69 Å². The maximum atomic E-state index is 4.49. The van der Waals surface area contributed by atoms with E-state index in [1.54, 1.807) is 7.05 Å². The van der Waals surface area contributed by atoms with Crippen LogP contribution in [0.2, 0.25) is 0 Å². The highest BCUT2D eigenvalue weighted by Crippen LogP contribution is 2.12. The van der Waals surface area contributed by atoms with E-state index >= 15 is 0 Å². The van der Waals surface area contributed by atoms with Gasteiger partial charge in [0.1, 0.15) is 0 Å². The Bertz CT molecular complexity index is 660. The third-order valence-electron chi connectivity index (χ3n) is 4.01. The summed E-state index contributed by atoms with van der Waals surface area (Å²) in [5.41, 5.74) is 3.32. The first-order chi connectivity index (χ1) is 12.2. The molecule has 2 aromatic rings. The second-order valence-corrected chi connectivity index (χ2v) is 5.89. The Kier molecular flexibility index (Phi) is 10.7. The fraction of sp³-hybridized carbons (Fsp3) is 0.400. The summed E-state index contributed by atoms with van der Waals surface area (Å²) in [7, 11) is 1.79. The van der Waals surface area contributed by atoms with Crippen LogP contribution in [-0.4, -0.2) is 37.6 Å². The molecule has 0 fully saturated rings. The molecule has 2 N–H and O–H groups in total. The van der Waals surface area contributed by atoms with Crippen LogP contribution in [0, 0.1) is 6.92 Å². The van der Waals surface area contributed by atoms with Crippen LogP contribution >= 0.6 is 24.0 Å². The summed E-state index contributed by atoms with van der Waals surface area (Å²) in [5.74, 6) is 0.811. The van der Waals surface area contributed by atoms with E-state index in [9.17, 15) is 0 Å². The quantitative estimate of drug-likeness (QED) is 0.270. The van der Waals surface area contributed by atoms with Crippen LogP contribution < -0.4 is 15.5 Å². The number of benzene rings is 1. The summed E-state index contributed by atoms with van der Waals surface area (Å²) in [4.78, 5) is 11.1. The van der Waals surface area contributed by atoms with E-state index in [-0.39, 0.29) is 24.0 Å². The zero-order valence-electron chi connectivity index (χ0n) is 15.9. The number of nitrogens with zero attached hydrogens (tertiary/aromatic N) is 3. The SMILES string of the molecule is CCN(CCCNC(=NC)NCc1cccc(C)n1)c1ccccc1.I. The highest BCUT2D eigenvalue weighted by Gasteiger charge is 2.04. The fourth-order valence-electron chi connectivity index (χ4n) is 2.68. The molecule has 0 spiro atoms. The summed E-state index contributed by atoms with van der Waals surface area (Å²) in [5, 5.41) is 6.68. The molecule has 2 rings (SSSR count). The molecule has 0 aliphatic heterocycles. The molecular weight excluding hydrogens is 437 g/mol. The van der Waals surface area contributed by atoms with E-state index in [2.05, 4.69) is 62.8 Å². The van der Waals surface area contributed by atoms with Gasteiger partial charge in [0.15, 0.2) is 5.96 Å². The van der Waals surface area contributed by atoms with E-state index in [1.807, 2.05) is 25.1 Å². The number of aryl methyl sites for hydroxylation is 1. The molecule has 0 atom stereocenters. The summed E-state index contributed by atoms with van der Waals surface area (Å²) in [6, 6.07) is 16.6. The van der Waals surface area contributed by atoms with Gasteiger partial charge >= 0.3 is 0 Å². The highest BCUT2D eigenvalue weighted by atomic mass is 127. The maximum absolute atomic E-state index is 4.49. The molecule has 0 bridgehead atoms. The number of nitrogens with one attached hydrogen (secondary N) is 2. The van der Waals surface area contributed by atoms with Crippen molar-refractivity contribution in [1.29, 1.82) is 0 Å². The van der Waals surface area contributed by atoms with Gasteiger partial charge in [-0.15, -0.1) is 24.0 Å². The highest BCUT2D eigenvalue weighted by molar-refractivity contribution is 14.0. The molecule has 0 saturated carbocycles. The van der Waals surface area contributed by atoms with Crippen LogP contribution in [0.25, 0.3) is 0 Å². The average molecular weight is 467 g/mol. The number of anilines is 1. The van der Waals surface area contributed by atoms with Crippen LogP contribution in [0.3, 0.4) is 0 Å². The first-order valence-corrected chi connectivity index (χ1v) is 8.90. The van der Waals surface area contributed by atoms with E-state index in [0.717, 1.165) is 43.4 Å². The smallest absolute Gasteiger partial charge is 0.191 e. The van der Waals surface area contributed by atoms with Gasteiger partial charge in [-0.05, 0) is 44.5 Å². The molecule has 0 radical (unpaired) electrons. The standard InChI is InChI=1S/C20H29N5.HI/c1-4-25(19-12-6-5-7-13-19)15-9-14-22-20(21-3)23-16-18-11-8-10-17(2)24-18;/h5-8,10-13H,4,9,14-16H2,1-3H3,(H2,21,22,23);1H. The zero-order valence-corrected chi connectivity index (χ0v) is 18.2.